The van der Waals surface area contributed by atoms with E-state index in [1.807, 2.05) is 24.3 Å². The zero-order valence-corrected chi connectivity index (χ0v) is 12.3. The summed E-state index contributed by atoms with van der Waals surface area (Å²) in [6.07, 6.45) is 2.16. The topological polar surface area (TPSA) is 55.6 Å². The molecule has 0 aromatic heterocycles. The molecular weight excluding hydrogens is 240 g/mol. The number of carbonyl (C=O) groups is 1. The lowest BCUT2D eigenvalue weighted by atomic mass is 10.1. The highest BCUT2D eigenvalue weighted by atomic mass is 16.5. The van der Waals surface area contributed by atoms with E-state index in [0.717, 1.165) is 30.9 Å². The van der Waals surface area contributed by atoms with Gasteiger partial charge in [0.2, 0.25) is 5.91 Å². The Kier molecular flexibility index (Phi) is 5.36. The van der Waals surface area contributed by atoms with Crippen LogP contribution in [0.5, 0.6) is 5.75 Å². The summed E-state index contributed by atoms with van der Waals surface area (Å²) in [5, 5.41) is 0. The van der Waals surface area contributed by atoms with E-state index >= 15 is 0 Å². The Hall–Kier alpha value is -1.55. The fourth-order valence-electron chi connectivity index (χ4n) is 1.65. The van der Waals surface area contributed by atoms with E-state index in [0.29, 0.717) is 0 Å². The Balaban J connectivity index is 2.68. The minimum atomic E-state index is -0.870. The SMILES string of the molecule is CCCCOc1ccc(N(C)C(=O)C(C)(C)N)cc1. The van der Waals surface area contributed by atoms with Gasteiger partial charge in [-0.2, -0.15) is 0 Å². The maximum Gasteiger partial charge on any atom is 0.246 e. The summed E-state index contributed by atoms with van der Waals surface area (Å²) in [4.78, 5) is 13.6. The summed E-state index contributed by atoms with van der Waals surface area (Å²) in [5.74, 6) is 0.706. The minimum Gasteiger partial charge on any atom is -0.494 e. The molecule has 0 unspecified atom stereocenters. The molecule has 0 bridgehead atoms. The summed E-state index contributed by atoms with van der Waals surface area (Å²) in [7, 11) is 1.73. The smallest absolute Gasteiger partial charge is 0.246 e. The first-order valence-electron chi connectivity index (χ1n) is 6.66. The minimum absolute atomic E-state index is 0.118. The van der Waals surface area contributed by atoms with Gasteiger partial charge < -0.3 is 15.4 Å². The lowest BCUT2D eigenvalue weighted by Gasteiger charge is -2.26. The molecule has 0 atom stereocenters. The van der Waals surface area contributed by atoms with Crippen molar-refractivity contribution >= 4 is 11.6 Å². The Morgan fingerprint density at radius 2 is 1.89 bits per heavy atom. The molecule has 1 aromatic carbocycles. The molecule has 2 N–H and O–H groups in total. The standard InChI is InChI=1S/C15H24N2O2/c1-5-6-11-19-13-9-7-12(8-10-13)17(4)14(18)15(2,3)16/h7-10H,5-6,11,16H2,1-4H3. The Labute approximate surface area is 115 Å². The van der Waals surface area contributed by atoms with Gasteiger partial charge >= 0.3 is 0 Å². The molecule has 0 aliphatic rings. The highest BCUT2D eigenvalue weighted by Crippen LogP contribution is 2.20. The van der Waals surface area contributed by atoms with Crippen molar-refractivity contribution in [1.82, 2.24) is 0 Å². The molecule has 4 heteroatoms. The van der Waals surface area contributed by atoms with Gasteiger partial charge in [0.1, 0.15) is 5.75 Å². The molecule has 0 saturated heterocycles. The Morgan fingerprint density at radius 3 is 2.37 bits per heavy atom. The molecule has 0 fully saturated rings. The highest BCUT2D eigenvalue weighted by molar-refractivity contribution is 5.99. The molecule has 0 spiro atoms. The predicted octanol–water partition coefficient (Wildman–Crippen LogP) is 2.57. The molecule has 106 valence electrons. The second-order valence-electron chi connectivity index (χ2n) is 5.28. The van der Waals surface area contributed by atoms with Crippen molar-refractivity contribution in [2.24, 2.45) is 5.73 Å². The van der Waals surface area contributed by atoms with E-state index in [4.69, 9.17) is 10.5 Å². The largest absolute Gasteiger partial charge is 0.494 e. The third kappa shape index (κ3) is 4.56. The first-order chi connectivity index (χ1) is 8.86. The number of likely N-dealkylation sites (N-methyl/N-ethyl adjacent to an activating group) is 1. The van der Waals surface area contributed by atoms with Crippen LogP contribution < -0.4 is 15.4 Å². The van der Waals surface area contributed by atoms with Crippen molar-refractivity contribution in [1.29, 1.82) is 0 Å². The number of rotatable bonds is 6. The van der Waals surface area contributed by atoms with Gasteiger partial charge in [-0.25, -0.2) is 0 Å². The van der Waals surface area contributed by atoms with E-state index in [-0.39, 0.29) is 5.91 Å². The summed E-state index contributed by atoms with van der Waals surface area (Å²) >= 11 is 0. The van der Waals surface area contributed by atoms with Gasteiger partial charge in [-0.05, 0) is 44.5 Å². The summed E-state index contributed by atoms with van der Waals surface area (Å²) in [6, 6.07) is 7.48. The number of ether oxygens (including phenoxy) is 1. The summed E-state index contributed by atoms with van der Waals surface area (Å²) < 4.78 is 5.58. The monoisotopic (exact) mass is 264 g/mol. The van der Waals surface area contributed by atoms with Gasteiger partial charge in [-0.15, -0.1) is 0 Å². The van der Waals surface area contributed by atoms with Crippen LogP contribution in [0.2, 0.25) is 0 Å². The predicted molar refractivity (Wildman–Crippen MR) is 78.5 cm³/mol. The van der Waals surface area contributed by atoms with Crippen molar-refractivity contribution in [3.63, 3.8) is 0 Å². The van der Waals surface area contributed by atoms with E-state index < -0.39 is 5.54 Å². The number of anilines is 1. The second-order valence-corrected chi connectivity index (χ2v) is 5.28. The number of carbonyl (C=O) groups excluding carboxylic acids is 1. The number of nitrogens with zero attached hydrogens (tertiary/aromatic N) is 1. The Bertz CT molecular complexity index is 407. The lowest BCUT2D eigenvalue weighted by molar-refractivity contribution is -0.122. The number of amides is 1. The van der Waals surface area contributed by atoms with Crippen molar-refractivity contribution in [2.75, 3.05) is 18.6 Å². The quantitative estimate of drug-likeness (QED) is 0.803. The molecule has 0 aliphatic carbocycles. The third-order valence-electron chi connectivity index (χ3n) is 2.85. The van der Waals surface area contributed by atoms with Gasteiger partial charge in [-0.1, -0.05) is 13.3 Å². The highest BCUT2D eigenvalue weighted by Gasteiger charge is 2.26. The van der Waals surface area contributed by atoms with E-state index in [9.17, 15) is 4.79 Å². The van der Waals surface area contributed by atoms with Gasteiger partial charge in [0.15, 0.2) is 0 Å². The van der Waals surface area contributed by atoms with Crippen LogP contribution in [0.3, 0.4) is 0 Å². The molecule has 0 heterocycles. The van der Waals surface area contributed by atoms with Crippen LogP contribution in [0.1, 0.15) is 33.6 Å². The van der Waals surface area contributed by atoms with Crippen LogP contribution in [0.15, 0.2) is 24.3 Å². The number of nitrogens with two attached hydrogens (primary N) is 1. The maximum absolute atomic E-state index is 12.0. The third-order valence-corrected chi connectivity index (χ3v) is 2.85. The van der Waals surface area contributed by atoms with E-state index in [1.54, 1.807) is 25.8 Å². The van der Waals surface area contributed by atoms with Crippen molar-refractivity contribution in [3.8, 4) is 5.75 Å². The fraction of sp³-hybridized carbons (Fsp3) is 0.533. The number of benzene rings is 1. The molecule has 1 amide bonds. The summed E-state index contributed by atoms with van der Waals surface area (Å²) in [5.41, 5.74) is 5.75. The van der Waals surface area contributed by atoms with E-state index in [2.05, 4.69) is 6.92 Å². The average Bonchev–Trinajstić information content (AvgIpc) is 2.37. The number of hydrogen-bond acceptors (Lipinski definition) is 3. The van der Waals surface area contributed by atoms with Crippen LogP contribution in [0.4, 0.5) is 5.69 Å². The Morgan fingerprint density at radius 1 is 1.32 bits per heavy atom. The van der Waals surface area contributed by atoms with Crippen molar-refractivity contribution in [3.05, 3.63) is 24.3 Å². The van der Waals surface area contributed by atoms with Crippen LogP contribution in [0.25, 0.3) is 0 Å². The van der Waals surface area contributed by atoms with Crippen molar-refractivity contribution < 1.29 is 9.53 Å². The zero-order valence-electron chi connectivity index (χ0n) is 12.3. The maximum atomic E-state index is 12.0. The van der Waals surface area contributed by atoms with Gasteiger partial charge in [0.05, 0.1) is 12.1 Å². The zero-order chi connectivity index (χ0) is 14.5. The number of hydrogen-bond donors (Lipinski definition) is 1. The number of unbranched alkanes of at least 4 members (excludes halogenated alkanes) is 1. The van der Waals surface area contributed by atoms with Crippen LogP contribution >= 0.6 is 0 Å². The first-order valence-corrected chi connectivity index (χ1v) is 6.66. The fourth-order valence-corrected chi connectivity index (χ4v) is 1.65. The normalized spacial score (nSPS) is 11.2. The second kappa shape index (κ2) is 6.57. The van der Waals surface area contributed by atoms with Crippen LogP contribution in [-0.2, 0) is 4.79 Å². The van der Waals surface area contributed by atoms with Crippen molar-refractivity contribution in [2.45, 2.75) is 39.2 Å². The van der Waals surface area contributed by atoms with Gasteiger partial charge in [0, 0.05) is 12.7 Å². The molecule has 1 rings (SSSR count). The molecule has 1 aromatic rings. The molecule has 0 saturated carbocycles. The lowest BCUT2D eigenvalue weighted by Crippen LogP contribution is -2.49. The summed E-state index contributed by atoms with van der Waals surface area (Å²) in [6.45, 7) is 6.25. The van der Waals surface area contributed by atoms with Gasteiger partial charge in [0.25, 0.3) is 0 Å². The average molecular weight is 264 g/mol. The molecule has 0 radical (unpaired) electrons. The van der Waals surface area contributed by atoms with Crippen LogP contribution in [0, 0.1) is 0 Å². The first kappa shape index (κ1) is 15.5. The van der Waals surface area contributed by atoms with Gasteiger partial charge in [-0.3, -0.25) is 4.79 Å². The van der Waals surface area contributed by atoms with Crippen LogP contribution in [-0.4, -0.2) is 25.1 Å². The molecule has 19 heavy (non-hydrogen) atoms. The molecule has 0 aliphatic heterocycles. The molecular formula is C15H24N2O2. The van der Waals surface area contributed by atoms with E-state index in [1.165, 1.54) is 0 Å². The molecule has 4 nitrogen and oxygen atoms in total.